The van der Waals surface area contributed by atoms with Gasteiger partial charge >= 0.3 is 5.97 Å². The van der Waals surface area contributed by atoms with E-state index in [-0.39, 0.29) is 5.91 Å². The predicted molar refractivity (Wildman–Crippen MR) is 119 cm³/mol. The first kappa shape index (κ1) is 23.2. The molecule has 0 fully saturated rings. The minimum Gasteiger partial charge on any atom is -0.478 e. The second-order valence-corrected chi connectivity index (χ2v) is 7.14. The minimum absolute atomic E-state index is 0.233. The summed E-state index contributed by atoms with van der Waals surface area (Å²) in [5.41, 5.74) is 9.54. The molecule has 0 aliphatic heterocycles. The molecule has 0 aliphatic rings. The van der Waals surface area contributed by atoms with Crippen molar-refractivity contribution in [3.05, 3.63) is 64.8 Å². The quantitative estimate of drug-likeness (QED) is 0.387. The van der Waals surface area contributed by atoms with Crippen molar-refractivity contribution in [1.82, 2.24) is 4.37 Å². The van der Waals surface area contributed by atoms with Gasteiger partial charge in [-0.1, -0.05) is 17.7 Å². The van der Waals surface area contributed by atoms with Gasteiger partial charge in [0.2, 0.25) is 5.91 Å². The summed E-state index contributed by atoms with van der Waals surface area (Å²) >= 11 is 1.10. The molecule has 0 saturated heterocycles. The van der Waals surface area contributed by atoms with Gasteiger partial charge in [0.05, 0.1) is 16.9 Å². The summed E-state index contributed by atoms with van der Waals surface area (Å²) in [4.78, 5) is 21.5. The number of anilines is 2. The van der Waals surface area contributed by atoms with Gasteiger partial charge in [-0.15, -0.1) is 10.2 Å². The monoisotopic (exact) mass is 436 g/mol. The lowest BCUT2D eigenvalue weighted by Gasteiger charge is -2.06. The first-order chi connectivity index (χ1) is 14.7. The van der Waals surface area contributed by atoms with Gasteiger partial charge in [-0.05, 0) is 55.7 Å². The van der Waals surface area contributed by atoms with Crippen molar-refractivity contribution in [2.75, 3.05) is 11.1 Å². The molecule has 0 aliphatic carbocycles. The Balaban J connectivity index is 0.000000285. The second-order valence-electron chi connectivity index (χ2n) is 6.39. The van der Waals surface area contributed by atoms with E-state index in [2.05, 4.69) is 19.9 Å². The van der Waals surface area contributed by atoms with Crippen LogP contribution in [-0.4, -0.2) is 21.4 Å². The number of hydrogen-bond acceptors (Lipinski definition) is 8. The number of aryl methyl sites for hydroxylation is 2. The summed E-state index contributed by atoms with van der Waals surface area (Å²) in [6.07, 6.45) is 0. The number of azo groups is 1. The highest BCUT2D eigenvalue weighted by atomic mass is 32.1. The molecule has 0 saturated carbocycles. The maximum atomic E-state index is 11.2. The van der Waals surface area contributed by atoms with Gasteiger partial charge in [0.15, 0.2) is 5.00 Å². The number of nitrogens with zero attached hydrogens (tertiary/aromatic N) is 4. The lowest BCUT2D eigenvalue weighted by Crippen LogP contribution is -2.06. The van der Waals surface area contributed by atoms with Crippen molar-refractivity contribution in [2.45, 2.75) is 20.8 Å². The number of nitrogens with two attached hydrogens (primary N) is 1. The third-order valence-corrected chi connectivity index (χ3v) is 4.66. The van der Waals surface area contributed by atoms with Crippen molar-refractivity contribution in [2.24, 2.45) is 10.2 Å². The number of carbonyl (C=O) groups excluding carboxylic acids is 1. The molecule has 0 atom stereocenters. The van der Waals surface area contributed by atoms with Crippen LogP contribution in [0.1, 0.15) is 34.1 Å². The van der Waals surface area contributed by atoms with E-state index in [1.165, 1.54) is 6.92 Å². The predicted octanol–water partition coefficient (Wildman–Crippen LogP) is 4.97. The number of nitrogen functional groups attached to an aromatic ring is 1. The maximum Gasteiger partial charge on any atom is 0.335 e. The topological polar surface area (TPSA) is 154 Å². The molecule has 0 bridgehead atoms. The molecule has 1 amide bonds. The van der Waals surface area contributed by atoms with Gasteiger partial charge in [0.1, 0.15) is 17.3 Å². The van der Waals surface area contributed by atoms with Gasteiger partial charge < -0.3 is 16.2 Å². The van der Waals surface area contributed by atoms with Gasteiger partial charge in [-0.2, -0.15) is 9.64 Å². The van der Waals surface area contributed by atoms with E-state index in [0.29, 0.717) is 38.9 Å². The van der Waals surface area contributed by atoms with Crippen LogP contribution in [0.3, 0.4) is 0 Å². The molecule has 1 aromatic heterocycles. The van der Waals surface area contributed by atoms with Crippen molar-refractivity contribution in [3.63, 3.8) is 0 Å². The second kappa shape index (κ2) is 10.6. The highest BCUT2D eigenvalue weighted by molar-refractivity contribution is 7.10. The van der Waals surface area contributed by atoms with Crippen molar-refractivity contribution in [3.8, 4) is 6.07 Å². The van der Waals surface area contributed by atoms with E-state index in [4.69, 9.17) is 16.1 Å². The Hall–Kier alpha value is -4.10. The zero-order valence-corrected chi connectivity index (χ0v) is 17.9. The lowest BCUT2D eigenvalue weighted by molar-refractivity contribution is -0.114. The minimum atomic E-state index is -0.875. The first-order valence-corrected chi connectivity index (χ1v) is 9.73. The zero-order chi connectivity index (χ0) is 23.0. The summed E-state index contributed by atoms with van der Waals surface area (Å²) in [6.45, 7) is 5.05. The Morgan fingerprint density at radius 2 is 1.84 bits per heavy atom. The third kappa shape index (κ3) is 6.73. The Morgan fingerprint density at radius 1 is 1.16 bits per heavy atom. The molecule has 0 spiro atoms. The average molecular weight is 436 g/mol. The average Bonchev–Trinajstić information content (AvgIpc) is 3.07. The molecular formula is C21H20N6O3S. The summed E-state index contributed by atoms with van der Waals surface area (Å²) in [5.74, 6) is -1.11. The first-order valence-electron chi connectivity index (χ1n) is 8.96. The molecule has 0 unspecified atom stereocenters. The Kier molecular flexibility index (Phi) is 7.94. The summed E-state index contributed by atoms with van der Waals surface area (Å²) in [5, 5.41) is 28.7. The molecule has 10 heteroatoms. The number of carboxylic acids is 1. The van der Waals surface area contributed by atoms with Crippen molar-refractivity contribution >= 4 is 45.5 Å². The number of carbonyl (C=O) groups is 2. The lowest BCUT2D eigenvalue weighted by atomic mass is 10.2. The van der Waals surface area contributed by atoms with Crippen LogP contribution < -0.4 is 11.1 Å². The largest absolute Gasteiger partial charge is 0.478 e. The summed E-state index contributed by atoms with van der Waals surface area (Å²) in [7, 11) is 0. The smallest absolute Gasteiger partial charge is 0.335 e. The number of aromatic carboxylic acids is 1. The number of carboxylic acid groups (broad SMARTS) is 1. The number of hydrogen-bond donors (Lipinski definition) is 3. The summed E-state index contributed by atoms with van der Waals surface area (Å²) < 4.78 is 4.06. The summed E-state index contributed by atoms with van der Waals surface area (Å²) in [6, 6.07) is 13.7. The zero-order valence-electron chi connectivity index (χ0n) is 17.1. The van der Waals surface area contributed by atoms with E-state index in [0.717, 1.165) is 17.1 Å². The number of benzene rings is 2. The van der Waals surface area contributed by atoms with Crippen LogP contribution in [0.25, 0.3) is 0 Å². The highest BCUT2D eigenvalue weighted by Gasteiger charge is 2.10. The number of aromatic nitrogens is 1. The fourth-order valence-electron chi connectivity index (χ4n) is 2.28. The van der Waals surface area contributed by atoms with Crippen LogP contribution in [0.5, 0.6) is 0 Å². The number of rotatable bonds is 4. The molecular weight excluding hydrogens is 416 g/mol. The van der Waals surface area contributed by atoms with E-state index in [1.807, 2.05) is 13.0 Å². The SMILES string of the molecule is CC(=O)Nc1cc(N)ccc1N=Nc1snc(C)c1C#N.Cc1ccc(C(=O)O)cc1. The van der Waals surface area contributed by atoms with Crippen LogP contribution in [0.2, 0.25) is 0 Å². The van der Waals surface area contributed by atoms with Gasteiger partial charge in [0.25, 0.3) is 0 Å². The third-order valence-electron chi connectivity index (χ3n) is 3.83. The molecule has 0 radical (unpaired) electrons. The molecule has 4 N–H and O–H groups in total. The Morgan fingerprint density at radius 3 is 2.42 bits per heavy atom. The van der Waals surface area contributed by atoms with E-state index >= 15 is 0 Å². The Bertz CT molecular complexity index is 1160. The van der Waals surface area contributed by atoms with Crippen LogP contribution >= 0.6 is 11.5 Å². The van der Waals surface area contributed by atoms with Gasteiger partial charge in [0, 0.05) is 12.6 Å². The molecule has 9 nitrogen and oxygen atoms in total. The van der Waals surface area contributed by atoms with Crippen molar-refractivity contribution < 1.29 is 14.7 Å². The fourth-order valence-corrected chi connectivity index (χ4v) is 2.96. The molecule has 3 aromatic rings. The number of nitrogens with one attached hydrogen (secondary N) is 1. The Labute approximate surface area is 183 Å². The van der Waals surface area contributed by atoms with Crippen molar-refractivity contribution in [1.29, 1.82) is 5.26 Å². The molecule has 2 aromatic carbocycles. The van der Waals surface area contributed by atoms with Crippen LogP contribution in [0, 0.1) is 25.2 Å². The fraction of sp³-hybridized carbons (Fsp3) is 0.143. The number of nitriles is 1. The normalized spacial score (nSPS) is 10.1. The highest BCUT2D eigenvalue weighted by Crippen LogP contribution is 2.32. The molecule has 1 heterocycles. The molecule has 158 valence electrons. The van der Waals surface area contributed by atoms with Crippen LogP contribution in [0.4, 0.5) is 22.1 Å². The molecule has 3 rings (SSSR count). The van der Waals surface area contributed by atoms with Gasteiger partial charge in [-0.25, -0.2) is 4.79 Å². The van der Waals surface area contributed by atoms with Gasteiger partial charge in [-0.3, -0.25) is 4.79 Å². The standard InChI is InChI=1S/C13H12N6OS.C8H8O2/c1-7-10(6-14)13(21-19-7)18-17-11-4-3-9(15)5-12(11)16-8(2)20;1-6-2-4-7(5-3-6)8(9)10/h3-5H,15H2,1-2H3,(H,16,20);2-5H,1H3,(H,9,10). The van der Waals surface area contributed by atoms with Crippen LogP contribution in [-0.2, 0) is 4.79 Å². The number of amides is 1. The maximum absolute atomic E-state index is 11.2. The van der Waals surface area contributed by atoms with E-state index in [9.17, 15) is 9.59 Å². The molecule has 31 heavy (non-hydrogen) atoms. The van der Waals surface area contributed by atoms with E-state index < -0.39 is 5.97 Å². The van der Waals surface area contributed by atoms with Crippen LogP contribution in [0.15, 0.2) is 52.7 Å². The van der Waals surface area contributed by atoms with E-state index in [1.54, 1.807) is 49.4 Å².